The van der Waals surface area contributed by atoms with Gasteiger partial charge in [0.15, 0.2) is 0 Å². The molecule has 1 aliphatic rings. The number of carbonyl (C=O) groups excluding carboxylic acids is 2. The number of halogens is 1. The first-order valence-corrected chi connectivity index (χ1v) is 12.5. The number of nitrogens with zero attached hydrogens (tertiary/aromatic N) is 1. The van der Waals surface area contributed by atoms with Gasteiger partial charge in [0.25, 0.3) is 5.91 Å². The lowest BCUT2D eigenvalue weighted by Gasteiger charge is -2.32. The van der Waals surface area contributed by atoms with Gasteiger partial charge in [0.2, 0.25) is 10.0 Å². The summed E-state index contributed by atoms with van der Waals surface area (Å²) in [5, 5.41) is 4.93. The van der Waals surface area contributed by atoms with Crippen LogP contribution in [0.25, 0.3) is 0 Å². The summed E-state index contributed by atoms with van der Waals surface area (Å²) < 4.78 is 47.0. The van der Waals surface area contributed by atoms with Gasteiger partial charge in [-0.05, 0) is 76.9 Å². The van der Waals surface area contributed by atoms with Crippen molar-refractivity contribution in [2.24, 2.45) is 0 Å². The lowest BCUT2D eigenvalue weighted by molar-refractivity contribution is 0.0635. The van der Waals surface area contributed by atoms with E-state index in [9.17, 15) is 22.4 Å². The maximum atomic E-state index is 14.2. The molecular weight excluding hydrogens is 461 g/mol. The van der Waals surface area contributed by atoms with Gasteiger partial charge < -0.3 is 10.1 Å². The van der Waals surface area contributed by atoms with E-state index in [1.54, 1.807) is 20.8 Å². The van der Waals surface area contributed by atoms with Gasteiger partial charge in [-0.15, -0.1) is 0 Å². The summed E-state index contributed by atoms with van der Waals surface area (Å²) in [7, 11) is -3.74. The molecular formula is C24H30FN3O5S. The van der Waals surface area contributed by atoms with Crippen molar-refractivity contribution < 1.29 is 27.1 Å². The van der Waals surface area contributed by atoms with Crippen LogP contribution in [0, 0.1) is 5.82 Å². The van der Waals surface area contributed by atoms with Crippen LogP contribution in [-0.4, -0.2) is 42.9 Å². The summed E-state index contributed by atoms with van der Waals surface area (Å²) >= 11 is 0. The third-order valence-electron chi connectivity index (χ3n) is 5.30. The zero-order valence-electron chi connectivity index (χ0n) is 19.7. The number of hydrogen-bond acceptors (Lipinski definition) is 5. The third kappa shape index (κ3) is 6.32. The first-order chi connectivity index (χ1) is 15.9. The van der Waals surface area contributed by atoms with Crippen LogP contribution in [0.5, 0.6) is 0 Å². The van der Waals surface area contributed by atoms with Gasteiger partial charge >= 0.3 is 6.09 Å². The molecule has 1 unspecified atom stereocenters. The molecule has 2 amide bonds. The number of sulfonamides is 1. The van der Waals surface area contributed by atoms with Crippen LogP contribution >= 0.6 is 0 Å². The second kappa shape index (κ2) is 10.1. The van der Waals surface area contributed by atoms with E-state index < -0.39 is 33.4 Å². The Morgan fingerprint density at radius 3 is 2.50 bits per heavy atom. The van der Waals surface area contributed by atoms with Crippen LogP contribution < -0.4 is 10.6 Å². The van der Waals surface area contributed by atoms with E-state index in [0.717, 1.165) is 25.3 Å². The standard InChI is InChI=1S/C24H30FN3O5S/c1-16-8-5-6-13-28(16)34(31,32)19-10-7-9-17(14-19)22(29)26-18-11-12-20(25)21(15-18)27-23(30)33-24(2,3)4/h7,9-12,14-16H,5-6,8,13H2,1-4H3,(H,26,29)(H,27,30). The Balaban J connectivity index is 1.77. The molecule has 0 aliphatic carbocycles. The molecule has 1 aliphatic heterocycles. The van der Waals surface area contributed by atoms with Gasteiger partial charge in [-0.25, -0.2) is 17.6 Å². The third-order valence-corrected chi connectivity index (χ3v) is 7.31. The topological polar surface area (TPSA) is 105 Å². The summed E-state index contributed by atoms with van der Waals surface area (Å²) in [5.74, 6) is -1.27. The molecule has 2 N–H and O–H groups in total. The molecule has 3 rings (SSSR count). The van der Waals surface area contributed by atoms with Crippen molar-refractivity contribution in [2.75, 3.05) is 17.2 Å². The summed E-state index contributed by atoms with van der Waals surface area (Å²) in [5.41, 5.74) is -0.571. The molecule has 0 bridgehead atoms. The van der Waals surface area contributed by atoms with Gasteiger partial charge in [-0.1, -0.05) is 12.5 Å². The summed E-state index contributed by atoms with van der Waals surface area (Å²) in [6, 6.07) is 9.39. The molecule has 1 saturated heterocycles. The molecule has 10 heteroatoms. The number of ether oxygens (including phenoxy) is 1. The van der Waals surface area contributed by atoms with Gasteiger partial charge in [0.1, 0.15) is 11.4 Å². The van der Waals surface area contributed by atoms with E-state index in [2.05, 4.69) is 10.6 Å². The van der Waals surface area contributed by atoms with E-state index in [-0.39, 0.29) is 27.9 Å². The zero-order valence-corrected chi connectivity index (χ0v) is 20.5. The number of hydrogen-bond donors (Lipinski definition) is 2. The fraction of sp³-hybridized carbons (Fsp3) is 0.417. The number of amides is 2. The minimum Gasteiger partial charge on any atom is -0.444 e. The maximum absolute atomic E-state index is 14.2. The van der Waals surface area contributed by atoms with Gasteiger partial charge in [-0.3, -0.25) is 10.1 Å². The lowest BCUT2D eigenvalue weighted by atomic mass is 10.1. The maximum Gasteiger partial charge on any atom is 0.412 e. The molecule has 0 aromatic heterocycles. The predicted octanol–water partition coefficient (Wildman–Crippen LogP) is 4.99. The SMILES string of the molecule is CC1CCCCN1S(=O)(=O)c1cccc(C(=O)Nc2ccc(F)c(NC(=O)OC(C)(C)C)c2)c1. The highest BCUT2D eigenvalue weighted by molar-refractivity contribution is 7.89. The van der Waals surface area contributed by atoms with Gasteiger partial charge in [0.05, 0.1) is 10.6 Å². The first-order valence-electron chi connectivity index (χ1n) is 11.1. The first kappa shape index (κ1) is 25.6. The number of anilines is 2. The van der Waals surface area contributed by atoms with E-state index in [1.165, 1.54) is 40.7 Å². The second-order valence-electron chi connectivity index (χ2n) is 9.26. The van der Waals surface area contributed by atoms with Crippen molar-refractivity contribution in [1.29, 1.82) is 0 Å². The monoisotopic (exact) mass is 491 g/mol. The fourth-order valence-corrected chi connectivity index (χ4v) is 5.42. The van der Waals surface area contributed by atoms with Crippen molar-refractivity contribution in [3.05, 3.63) is 53.8 Å². The van der Waals surface area contributed by atoms with Gasteiger partial charge in [0, 0.05) is 23.8 Å². The van der Waals surface area contributed by atoms with Gasteiger partial charge in [-0.2, -0.15) is 4.31 Å². The van der Waals surface area contributed by atoms with Crippen molar-refractivity contribution in [3.63, 3.8) is 0 Å². The minimum absolute atomic E-state index is 0.0419. The highest BCUT2D eigenvalue weighted by atomic mass is 32.2. The number of benzene rings is 2. The van der Waals surface area contributed by atoms with Crippen LogP contribution in [0.3, 0.4) is 0 Å². The Kier molecular flexibility index (Phi) is 7.62. The highest BCUT2D eigenvalue weighted by Crippen LogP contribution is 2.26. The Labute approximate surface area is 199 Å². The van der Waals surface area contributed by atoms with E-state index in [0.29, 0.717) is 6.54 Å². The highest BCUT2D eigenvalue weighted by Gasteiger charge is 2.31. The van der Waals surface area contributed by atoms with Crippen molar-refractivity contribution >= 4 is 33.4 Å². The zero-order chi connectivity index (χ0) is 25.1. The Bertz CT molecular complexity index is 1180. The number of carbonyl (C=O) groups is 2. The minimum atomic E-state index is -3.74. The number of rotatable bonds is 5. The molecule has 8 nitrogen and oxygen atoms in total. The Morgan fingerprint density at radius 1 is 1.09 bits per heavy atom. The largest absolute Gasteiger partial charge is 0.444 e. The van der Waals surface area contributed by atoms with Crippen LogP contribution in [0.2, 0.25) is 0 Å². The fourth-order valence-electron chi connectivity index (χ4n) is 3.68. The molecule has 1 fully saturated rings. The van der Waals surface area contributed by atoms with Crippen molar-refractivity contribution in [2.45, 2.75) is 63.5 Å². The molecule has 1 heterocycles. The van der Waals surface area contributed by atoms with Crippen LogP contribution in [0.4, 0.5) is 20.6 Å². The normalized spacial score (nSPS) is 17.1. The smallest absolute Gasteiger partial charge is 0.412 e. The molecule has 184 valence electrons. The summed E-state index contributed by atoms with van der Waals surface area (Å²) in [6.45, 7) is 7.37. The van der Waals surface area contributed by atoms with Crippen LogP contribution in [-0.2, 0) is 14.8 Å². The predicted molar refractivity (Wildman–Crippen MR) is 128 cm³/mol. The van der Waals surface area contributed by atoms with E-state index >= 15 is 0 Å². The Hall–Kier alpha value is -2.98. The quantitative estimate of drug-likeness (QED) is 0.613. The van der Waals surface area contributed by atoms with Crippen LogP contribution in [0.15, 0.2) is 47.4 Å². The molecule has 1 atom stereocenters. The summed E-state index contributed by atoms with van der Waals surface area (Å²) in [6.07, 6.45) is 1.75. The van der Waals surface area contributed by atoms with E-state index in [1.807, 2.05) is 6.92 Å². The molecule has 0 saturated carbocycles. The number of nitrogens with one attached hydrogen (secondary N) is 2. The molecule has 34 heavy (non-hydrogen) atoms. The van der Waals surface area contributed by atoms with E-state index in [4.69, 9.17) is 4.74 Å². The molecule has 0 radical (unpaired) electrons. The van der Waals surface area contributed by atoms with Crippen LogP contribution in [0.1, 0.15) is 57.3 Å². The second-order valence-corrected chi connectivity index (χ2v) is 11.2. The average molecular weight is 492 g/mol. The van der Waals surface area contributed by atoms with Crippen molar-refractivity contribution in [1.82, 2.24) is 4.31 Å². The lowest BCUT2D eigenvalue weighted by Crippen LogP contribution is -2.41. The number of piperidine rings is 1. The molecule has 2 aromatic carbocycles. The molecule has 2 aromatic rings. The Morgan fingerprint density at radius 2 is 1.82 bits per heavy atom. The average Bonchev–Trinajstić information content (AvgIpc) is 2.75. The summed E-state index contributed by atoms with van der Waals surface area (Å²) in [4.78, 5) is 24.8. The molecule has 0 spiro atoms. The van der Waals surface area contributed by atoms with Crippen molar-refractivity contribution in [3.8, 4) is 0 Å².